The van der Waals surface area contributed by atoms with Crippen LogP contribution in [0.4, 0.5) is 0 Å². The van der Waals surface area contributed by atoms with E-state index in [9.17, 15) is 0 Å². The minimum absolute atomic E-state index is 0.511. The molecule has 1 atom stereocenters. The van der Waals surface area contributed by atoms with E-state index in [1.807, 2.05) is 0 Å². The second kappa shape index (κ2) is 8.76. The second-order valence-electron chi connectivity index (χ2n) is 5.47. The molecule has 0 radical (unpaired) electrons. The van der Waals surface area contributed by atoms with E-state index >= 15 is 0 Å². The molecule has 0 saturated carbocycles. The van der Waals surface area contributed by atoms with E-state index in [-0.39, 0.29) is 0 Å². The van der Waals surface area contributed by atoms with Gasteiger partial charge in [-0.05, 0) is 49.9 Å². The molecule has 1 N–H and O–H groups in total. The fraction of sp³-hybridized carbons (Fsp3) is 0.647. The van der Waals surface area contributed by atoms with Crippen molar-refractivity contribution in [1.82, 2.24) is 5.32 Å². The molecule has 0 aliphatic heterocycles. The van der Waals surface area contributed by atoms with Crippen LogP contribution in [0, 0.1) is 13.8 Å². The van der Waals surface area contributed by atoms with Crippen molar-refractivity contribution in [2.45, 2.75) is 65.8 Å². The highest BCUT2D eigenvalue weighted by Crippen LogP contribution is 2.28. The molecular formula is C17H28BrN. The molecule has 1 rings (SSSR count). The third kappa shape index (κ3) is 5.27. The van der Waals surface area contributed by atoms with Crippen molar-refractivity contribution in [1.29, 1.82) is 0 Å². The van der Waals surface area contributed by atoms with Crippen LogP contribution in [0.25, 0.3) is 0 Å². The van der Waals surface area contributed by atoms with E-state index in [0.717, 1.165) is 6.54 Å². The zero-order valence-electron chi connectivity index (χ0n) is 12.9. The van der Waals surface area contributed by atoms with Crippen LogP contribution in [0.3, 0.4) is 0 Å². The second-order valence-corrected chi connectivity index (χ2v) is 6.26. The lowest BCUT2D eigenvalue weighted by Crippen LogP contribution is -2.22. The highest BCUT2D eigenvalue weighted by Gasteiger charge is 2.12. The van der Waals surface area contributed by atoms with Crippen LogP contribution < -0.4 is 5.32 Å². The van der Waals surface area contributed by atoms with Gasteiger partial charge in [-0.3, -0.25) is 0 Å². The van der Waals surface area contributed by atoms with Gasteiger partial charge in [0.25, 0.3) is 0 Å². The summed E-state index contributed by atoms with van der Waals surface area (Å²) in [7, 11) is 0. The molecule has 0 saturated heterocycles. The Kier molecular flexibility index (Phi) is 7.70. The van der Waals surface area contributed by atoms with Gasteiger partial charge >= 0.3 is 0 Å². The lowest BCUT2D eigenvalue weighted by Gasteiger charge is -2.21. The number of benzene rings is 1. The maximum Gasteiger partial charge on any atom is 0.0320 e. The molecule has 1 aromatic carbocycles. The van der Waals surface area contributed by atoms with Gasteiger partial charge in [-0.25, -0.2) is 0 Å². The molecule has 0 aromatic heterocycles. The van der Waals surface area contributed by atoms with Crippen LogP contribution in [0.1, 0.15) is 68.7 Å². The molecular weight excluding hydrogens is 298 g/mol. The largest absolute Gasteiger partial charge is 0.310 e. The van der Waals surface area contributed by atoms with E-state index in [4.69, 9.17) is 0 Å². The monoisotopic (exact) mass is 325 g/mol. The highest BCUT2D eigenvalue weighted by atomic mass is 79.9. The quantitative estimate of drug-likeness (QED) is 0.605. The van der Waals surface area contributed by atoms with E-state index < -0.39 is 0 Å². The van der Waals surface area contributed by atoms with Crippen molar-refractivity contribution >= 4 is 15.9 Å². The molecule has 0 amide bonds. The lowest BCUT2D eigenvalue weighted by atomic mass is 9.97. The summed E-state index contributed by atoms with van der Waals surface area (Å²) in [5.74, 6) is 0. The maximum absolute atomic E-state index is 3.70. The first-order chi connectivity index (χ1) is 9.10. The SMILES string of the molecule is CCCCCC(NCCC)c1cc(C)c(Br)c(C)c1. The normalized spacial score (nSPS) is 12.7. The number of hydrogen-bond acceptors (Lipinski definition) is 1. The van der Waals surface area contributed by atoms with Crippen LogP contribution in [-0.4, -0.2) is 6.54 Å². The smallest absolute Gasteiger partial charge is 0.0320 e. The third-order valence-electron chi connectivity index (χ3n) is 3.60. The molecule has 19 heavy (non-hydrogen) atoms. The molecule has 0 spiro atoms. The van der Waals surface area contributed by atoms with Crippen molar-refractivity contribution < 1.29 is 0 Å². The summed E-state index contributed by atoms with van der Waals surface area (Å²) in [6.45, 7) is 9.97. The van der Waals surface area contributed by atoms with E-state index in [0.29, 0.717) is 6.04 Å². The van der Waals surface area contributed by atoms with Gasteiger partial charge in [0.1, 0.15) is 0 Å². The Hall–Kier alpha value is -0.340. The maximum atomic E-state index is 3.70. The Labute approximate surface area is 127 Å². The zero-order chi connectivity index (χ0) is 14.3. The molecule has 2 heteroatoms. The van der Waals surface area contributed by atoms with Crippen molar-refractivity contribution in [2.75, 3.05) is 6.54 Å². The fourth-order valence-corrected chi connectivity index (χ4v) is 2.71. The Morgan fingerprint density at radius 2 is 1.68 bits per heavy atom. The van der Waals surface area contributed by atoms with E-state index in [1.54, 1.807) is 0 Å². The molecule has 108 valence electrons. The van der Waals surface area contributed by atoms with Crippen LogP contribution in [0.15, 0.2) is 16.6 Å². The summed E-state index contributed by atoms with van der Waals surface area (Å²) < 4.78 is 1.25. The molecule has 1 unspecified atom stereocenters. The number of halogens is 1. The summed E-state index contributed by atoms with van der Waals surface area (Å²) in [6.07, 6.45) is 6.37. The molecule has 0 aliphatic carbocycles. The van der Waals surface area contributed by atoms with Crippen molar-refractivity contribution in [3.63, 3.8) is 0 Å². The third-order valence-corrected chi connectivity index (χ3v) is 4.85. The summed E-state index contributed by atoms with van der Waals surface area (Å²) in [6, 6.07) is 5.17. The minimum atomic E-state index is 0.511. The highest BCUT2D eigenvalue weighted by molar-refractivity contribution is 9.10. The Balaban J connectivity index is 2.83. The van der Waals surface area contributed by atoms with Gasteiger partial charge in [-0.2, -0.15) is 0 Å². The summed E-state index contributed by atoms with van der Waals surface area (Å²) in [4.78, 5) is 0. The van der Waals surface area contributed by atoms with Crippen LogP contribution in [0.2, 0.25) is 0 Å². The van der Waals surface area contributed by atoms with Gasteiger partial charge < -0.3 is 5.32 Å². The van der Waals surface area contributed by atoms with Gasteiger partial charge in [0, 0.05) is 10.5 Å². The average molecular weight is 326 g/mol. The topological polar surface area (TPSA) is 12.0 Å². The Morgan fingerprint density at radius 1 is 1.05 bits per heavy atom. The standard InChI is InChI=1S/C17H28BrN/c1-5-7-8-9-16(19-10-6-2)15-11-13(3)17(18)14(4)12-15/h11-12,16,19H,5-10H2,1-4H3. The minimum Gasteiger partial charge on any atom is -0.310 e. The van der Waals surface area contributed by atoms with Gasteiger partial charge in [0.05, 0.1) is 0 Å². The van der Waals surface area contributed by atoms with E-state index in [1.165, 1.54) is 53.3 Å². The number of hydrogen-bond donors (Lipinski definition) is 1. The Morgan fingerprint density at radius 3 is 2.21 bits per heavy atom. The van der Waals surface area contributed by atoms with Gasteiger partial charge in [-0.1, -0.05) is 61.2 Å². The Bertz CT molecular complexity index is 364. The summed E-state index contributed by atoms with van der Waals surface area (Å²) in [5, 5.41) is 3.70. The van der Waals surface area contributed by atoms with Crippen molar-refractivity contribution in [2.24, 2.45) is 0 Å². The molecule has 0 aliphatic rings. The summed E-state index contributed by atoms with van der Waals surface area (Å²) >= 11 is 3.66. The van der Waals surface area contributed by atoms with Gasteiger partial charge in [0.15, 0.2) is 0 Å². The summed E-state index contributed by atoms with van der Waals surface area (Å²) in [5.41, 5.74) is 4.13. The molecule has 1 nitrogen and oxygen atoms in total. The lowest BCUT2D eigenvalue weighted by molar-refractivity contribution is 0.474. The van der Waals surface area contributed by atoms with Crippen LogP contribution >= 0.6 is 15.9 Å². The molecule has 0 heterocycles. The first-order valence-electron chi connectivity index (χ1n) is 7.60. The fourth-order valence-electron chi connectivity index (χ4n) is 2.48. The van der Waals surface area contributed by atoms with Gasteiger partial charge in [-0.15, -0.1) is 0 Å². The number of rotatable bonds is 8. The van der Waals surface area contributed by atoms with Crippen LogP contribution in [0.5, 0.6) is 0 Å². The number of nitrogens with one attached hydrogen (secondary N) is 1. The first kappa shape index (κ1) is 16.7. The van der Waals surface area contributed by atoms with Crippen LogP contribution in [-0.2, 0) is 0 Å². The van der Waals surface area contributed by atoms with Crippen molar-refractivity contribution in [3.05, 3.63) is 33.3 Å². The molecule has 1 aromatic rings. The number of unbranched alkanes of at least 4 members (excludes halogenated alkanes) is 2. The molecule has 0 bridgehead atoms. The van der Waals surface area contributed by atoms with Gasteiger partial charge in [0.2, 0.25) is 0 Å². The average Bonchev–Trinajstić information content (AvgIpc) is 2.39. The first-order valence-corrected chi connectivity index (χ1v) is 8.39. The predicted molar refractivity (Wildman–Crippen MR) is 88.8 cm³/mol. The number of aryl methyl sites for hydroxylation is 2. The van der Waals surface area contributed by atoms with E-state index in [2.05, 4.69) is 61.1 Å². The predicted octanol–water partition coefficient (Wildman–Crippen LogP) is 5.69. The molecule has 0 fully saturated rings. The zero-order valence-corrected chi connectivity index (χ0v) is 14.4. The van der Waals surface area contributed by atoms with Crippen molar-refractivity contribution in [3.8, 4) is 0 Å².